The van der Waals surface area contributed by atoms with Crippen LogP contribution in [0.2, 0.25) is 10.0 Å². The monoisotopic (exact) mass is 327 g/mol. The van der Waals surface area contributed by atoms with E-state index in [9.17, 15) is 8.42 Å². The maximum Gasteiger partial charge on any atom is 0.264 e. The van der Waals surface area contributed by atoms with Crippen molar-refractivity contribution in [3.63, 3.8) is 0 Å². The van der Waals surface area contributed by atoms with Gasteiger partial charge in [0.15, 0.2) is 5.69 Å². The molecule has 0 radical (unpaired) electrons. The number of rotatable bonds is 3. The average Bonchev–Trinajstić information content (AvgIpc) is 2.36. The Morgan fingerprint density at radius 2 is 1.85 bits per heavy atom. The number of halogens is 2. The van der Waals surface area contributed by atoms with Crippen molar-refractivity contribution >= 4 is 38.9 Å². The molecular weight excluding hydrogens is 321 g/mol. The average molecular weight is 328 g/mol. The van der Waals surface area contributed by atoms with Gasteiger partial charge in [-0.25, -0.2) is 13.4 Å². The number of hydrogen-bond donors (Lipinski definition) is 1. The molecule has 102 valence electrons. The summed E-state index contributed by atoms with van der Waals surface area (Å²) >= 11 is 11.6. The maximum atomic E-state index is 12.2. The van der Waals surface area contributed by atoms with Gasteiger partial charge in [-0.2, -0.15) is 5.26 Å². The van der Waals surface area contributed by atoms with Crippen LogP contribution in [0.5, 0.6) is 0 Å². The van der Waals surface area contributed by atoms with E-state index in [1.165, 1.54) is 36.5 Å². The van der Waals surface area contributed by atoms with Crippen molar-refractivity contribution < 1.29 is 8.42 Å². The van der Waals surface area contributed by atoms with Crippen LogP contribution in [0, 0.1) is 11.3 Å². The second-order valence-corrected chi connectivity index (χ2v) is 6.25. The first-order valence-electron chi connectivity index (χ1n) is 5.26. The van der Waals surface area contributed by atoms with Crippen LogP contribution >= 0.6 is 23.2 Å². The van der Waals surface area contributed by atoms with Crippen molar-refractivity contribution in [2.24, 2.45) is 0 Å². The van der Waals surface area contributed by atoms with Gasteiger partial charge in [-0.05, 0) is 30.3 Å². The first kappa shape index (κ1) is 14.6. The molecule has 0 fully saturated rings. The zero-order chi connectivity index (χ0) is 14.8. The fourth-order valence-electron chi connectivity index (χ4n) is 1.51. The molecule has 1 aromatic heterocycles. The molecular formula is C12H7Cl2N3O2S. The molecule has 0 spiro atoms. The Balaban J connectivity index is 2.44. The predicted octanol–water partition coefficient (Wildman–Crippen LogP) is 3.06. The summed E-state index contributed by atoms with van der Waals surface area (Å²) < 4.78 is 26.7. The minimum absolute atomic E-state index is 0.187. The van der Waals surface area contributed by atoms with Crippen molar-refractivity contribution in [1.82, 2.24) is 4.98 Å². The molecule has 0 saturated heterocycles. The van der Waals surface area contributed by atoms with E-state index in [0.29, 0.717) is 10.0 Å². The largest absolute Gasteiger partial charge is 0.279 e. The Morgan fingerprint density at radius 3 is 2.45 bits per heavy atom. The second-order valence-electron chi connectivity index (χ2n) is 3.73. The highest BCUT2D eigenvalue weighted by atomic mass is 35.5. The van der Waals surface area contributed by atoms with Gasteiger partial charge in [-0.1, -0.05) is 23.2 Å². The van der Waals surface area contributed by atoms with E-state index in [4.69, 9.17) is 28.5 Å². The lowest BCUT2D eigenvalue weighted by molar-refractivity contribution is 0.600. The van der Waals surface area contributed by atoms with Crippen molar-refractivity contribution in [2.75, 3.05) is 4.72 Å². The molecule has 0 unspecified atom stereocenters. The molecule has 1 N–H and O–H groups in total. The zero-order valence-electron chi connectivity index (χ0n) is 9.84. The smallest absolute Gasteiger partial charge is 0.264 e. The van der Waals surface area contributed by atoms with Crippen LogP contribution in [0.25, 0.3) is 0 Å². The lowest BCUT2D eigenvalue weighted by Crippen LogP contribution is -2.15. The Morgan fingerprint density at radius 1 is 1.20 bits per heavy atom. The number of sulfonamides is 1. The van der Waals surface area contributed by atoms with E-state index in [1.807, 2.05) is 0 Å². The summed E-state index contributed by atoms with van der Waals surface area (Å²) in [5.41, 5.74) is 0.0170. The SMILES string of the molecule is N#Cc1ncccc1S(=O)(=O)Nc1cc(Cl)cc(Cl)c1. The van der Waals surface area contributed by atoms with E-state index in [2.05, 4.69) is 9.71 Å². The Labute approximate surface area is 125 Å². The zero-order valence-corrected chi connectivity index (χ0v) is 12.2. The number of hydrogen-bond acceptors (Lipinski definition) is 4. The van der Waals surface area contributed by atoms with Gasteiger partial charge in [-0.3, -0.25) is 4.72 Å². The maximum absolute atomic E-state index is 12.2. The Bertz CT molecular complexity index is 780. The van der Waals surface area contributed by atoms with Crippen molar-refractivity contribution in [3.05, 3.63) is 52.3 Å². The number of nitrogens with one attached hydrogen (secondary N) is 1. The van der Waals surface area contributed by atoms with Crippen LogP contribution in [0.4, 0.5) is 5.69 Å². The van der Waals surface area contributed by atoms with E-state index in [1.54, 1.807) is 6.07 Å². The molecule has 2 aromatic rings. The lowest BCUT2D eigenvalue weighted by atomic mass is 10.3. The lowest BCUT2D eigenvalue weighted by Gasteiger charge is -2.09. The van der Waals surface area contributed by atoms with Gasteiger partial charge < -0.3 is 0 Å². The minimum atomic E-state index is -3.94. The third kappa shape index (κ3) is 3.20. The number of nitriles is 1. The summed E-state index contributed by atoms with van der Waals surface area (Å²) in [6, 6.07) is 8.75. The topological polar surface area (TPSA) is 82.8 Å². The highest BCUT2D eigenvalue weighted by Crippen LogP contribution is 2.25. The van der Waals surface area contributed by atoms with Gasteiger partial charge in [0.05, 0.1) is 5.69 Å². The number of anilines is 1. The van der Waals surface area contributed by atoms with Crippen LogP contribution in [0.15, 0.2) is 41.4 Å². The fourth-order valence-corrected chi connectivity index (χ4v) is 3.19. The molecule has 8 heteroatoms. The van der Waals surface area contributed by atoms with Gasteiger partial charge in [0.25, 0.3) is 10.0 Å². The fraction of sp³-hybridized carbons (Fsp3) is 0. The second kappa shape index (κ2) is 5.67. The van der Waals surface area contributed by atoms with Crippen LogP contribution in [0.3, 0.4) is 0 Å². The van der Waals surface area contributed by atoms with Gasteiger partial charge >= 0.3 is 0 Å². The van der Waals surface area contributed by atoms with Gasteiger partial charge in [0, 0.05) is 16.2 Å². The van der Waals surface area contributed by atoms with Gasteiger partial charge in [0.1, 0.15) is 11.0 Å². The summed E-state index contributed by atoms with van der Waals surface area (Å²) in [6.45, 7) is 0. The van der Waals surface area contributed by atoms with Crippen molar-refractivity contribution in [2.45, 2.75) is 4.90 Å². The molecule has 1 heterocycles. The Kier molecular flexibility index (Phi) is 4.14. The summed E-state index contributed by atoms with van der Waals surface area (Å²) in [5, 5.41) is 9.48. The third-order valence-electron chi connectivity index (χ3n) is 2.28. The molecule has 0 amide bonds. The van der Waals surface area contributed by atoms with E-state index < -0.39 is 10.0 Å². The number of pyridine rings is 1. The molecule has 0 aliphatic heterocycles. The van der Waals surface area contributed by atoms with Crippen molar-refractivity contribution in [1.29, 1.82) is 5.26 Å². The first-order valence-corrected chi connectivity index (χ1v) is 7.50. The van der Waals surface area contributed by atoms with E-state index in [0.717, 1.165) is 0 Å². The number of benzene rings is 1. The Hall–Kier alpha value is -1.81. The molecule has 2 rings (SSSR count). The van der Waals surface area contributed by atoms with Crippen LogP contribution < -0.4 is 4.72 Å². The number of nitrogens with zero attached hydrogens (tertiary/aromatic N) is 2. The molecule has 1 aromatic carbocycles. The summed E-state index contributed by atoms with van der Waals surface area (Å²) in [6.07, 6.45) is 1.34. The highest BCUT2D eigenvalue weighted by Gasteiger charge is 2.19. The van der Waals surface area contributed by atoms with Crippen LogP contribution in [-0.2, 0) is 10.0 Å². The molecule has 0 aliphatic rings. The highest BCUT2D eigenvalue weighted by molar-refractivity contribution is 7.92. The molecule has 5 nitrogen and oxygen atoms in total. The minimum Gasteiger partial charge on any atom is -0.279 e. The van der Waals surface area contributed by atoms with Gasteiger partial charge in [0.2, 0.25) is 0 Å². The summed E-state index contributed by atoms with van der Waals surface area (Å²) in [7, 11) is -3.94. The van der Waals surface area contributed by atoms with Gasteiger partial charge in [-0.15, -0.1) is 0 Å². The summed E-state index contributed by atoms with van der Waals surface area (Å²) in [5.74, 6) is 0. The quantitative estimate of drug-likeness (QED) is 0.939. The standard InChI is InChI=1S/C12H7Cl2N3O2S/c13-8-4-9(14)6-10(5-8)17-20(18,19)12-2-1-3-16-11(12)7-15/h1-6,17H. The van der Waals surface area contributed by atoms with Crippen LogP contribution in [-0.4, -0.2) is 13.4 Å². The molecule has 20 heavy (non-hydrogen) atoms. The van der Waals surface area contributed by atoms with E-state index >= 15 is 0 Å². The molecule has 0 saturated carbocycles. The third-order valence-corrected chi connectivity index (χ3v) is 4.13. The predicted molar refractivity (Wildman–Crippen MR) is 76.2 cm³/mol. The van der Waals surface area contributed by atoms with Crippen LogP contribution in [0.1, 0.15) is 5.69 Å². The van der Waals surface area contributed by atoms with E-state index in [-0.39, 0.29) is 16.3 Å². The first-order chi connectivity index (χ1) is 9.42. The number of aromatic nitrogens is 1. The molecule has 0 atom stereocenters. The molecule has 0 aliphatic carbocycles. The molecule has 0 bridgehead atoms. The summed E-state index contributed by atoms with van der Waals surface area (Å²) in [4.78, 5) is 3.50. The van der Waals surface area contributed by atoms with Crippen molar-refractivity contribution in [3.8, 4) is 6.07 Å². The normalized spacial score (nSPS) is 10.8.